The molecule has 5 rings (SSSR count). The maximum atomic E-state index is 11.4. The summed E-state index contributed by atoms with van der Waals surface area (Å²) in [7, 11) is 0. The predicted molar refractivity (Wildman–Crippen MR) is 126 cm³/mol. The molecule has 2 aliphatic heterocycles. The zero-order valence-electron chi connectivity index (χ0n) is 18.8. The summed E-state index contributed by atoms with van der Waals surface area (Å²) in [5, 5.41) is 25.6. The fraction of sp³-hybridized carbons (Fsp3) is 0.500. The third-order valence-electron chi connectivity index (χ3n) is 7.32. The first-order valence-corrected chi connectivity index (χ1v) is 12.0. The number of likely N-dealkylation sites (tertiary alicyclic amines) is 1. The Morgan fingerprint density at radius 1 is 1.30 bits per heavy atom. The number of aliphatic carboxylic acids is 1. The van der Waals surface area contributed by atoms with Gasteiger partial charge < -0.3 is 20.6 Å². The normalized spacial score (nSPS) is 24.3. The molecule has 1 aromatic carbocycles. The van der Waals surface area contributed by atoms with Crippen molar-refractivity contribution >= 4 is 11.8 Å². The number of rotatable bonds is 9. The number of fused-ring (bicyclic) bond motifs is 2. The Hall–Kier alpha value is -2.95. The molecule has 0 radical (unpaired) electrons. The molecule has 0 spiro atoms. The molecule has 1 unspecified atom stereocenters. The van der Waals surface area contributed by atoms with Gasteiger partial charge in [-0.15, -0.1) is 0 Å². The molecule has 2 aromatic rings. The Balaban J connectivity index is 1.10. The number of carbonyl (C=O) groups is 1. The molecule has 33 heavy (non-hydrogen) atoms. The Labute approximate surface area is 194 Å². The fourth-order valence-electron chi connectivity index (χ4n) is 5.54. The number of aryl methyl sites for hydroxylation is 2. The zero-order chi connectivity index (χ0) is 22.8. The molecule has 1 aromatic heterocycles. The lowest BCUT2D eigenvalue weighted by Crippen LogP contribution is -2.34. The van der Waals surface area contributed by atoms with E-state index in [9.17, 15) is 15.2 Å². The van der Waals surface area contributed by atoms with Crippen molar-refractivity contribution < 1.29 is 9.90 Å². The molecule has 0 bridgehead atoms. The van der Waals surface area contributed by atoms with Crippen LogP contribution in [0.3, 0.4) is 0 Å². The number of nitrogens with zero attached hydrogens (tertiary/aromatic N) is 3. The van der Waals surface area contributed by atoms with E-state index in [1.807, 2.05) is 12.1 Å². The number of carboxylic acid groups (broad SMARTS) is 1. The maximum Gasteiger partial charge on any atom is 0.305 e. The van der Waals surface area contributed by atoms with Crippen LogP contribution in [-0.2, 0) is 17.6 Å². The number of carboxylic acids is 1. The molecular weight excluding hydrogens is 414 g/mol. The lowest BCUT2D eigenvalue weighted by molar-refractivity contribution is -0.137. The van der Waals surface area contributed by atoms with Gasteiger partial charge in [0.15, 0.2) is 0 Å². The van der Waals surface area contributed by atoms with Crippen molar-refractivity contribution in [3.05, 3.63) is 58.8 Å². The molecule has 3 heterocycles. The summed E-state index contributed by atoms with van der Waals surface area (Å²) in [6.45, 7) is 4.24. The largest absolute Gasteiger partial charge is 0.481 e. The molecule has 172 valence electrons. The summed E-state index contributed by atoms with van der Waals surface area (Å²) in [6.07, 6.45) is 4.43. The zero-order valence-corrected chi connectivity index (χ0v) is 18.8. The van der Waals surface area contributed by atoms with E-state index < -0.39 is 5.97 Å². The van der Waals surface area contributed by atoms with Gasteiger partial charge in [-0.05, 0) is 73.4 Å². The van der Waals surface area contributed by atoms with Crippen molar-refractivity contribution in [2.24, 2.45) is 11.8 Å². The van der Waals surface area contributed by atoms with Crippen LogP contribution in [0.15, 0.2) is 36.4 Å². The van der Waals surface area contributed by atoms with Crippen LogP contribution < -0.4 is 10.6 Å². The fourth-order valence-corrected chi connectivity index (χ4v) is 5.54. The highest BCUT2D eigenvalue weighted by Gasteiger charge is 2.55. The number of anilines is 1. The number of nitrogens with one attached hydrogen (secondary N) is 2. The molecule has 2 fully saturated rings. The summed E-state index contributed by atoms with van der Waals surface area (Å²) in [6, 6.07) is 13.9. The van der Waals surface area contributed by atoms with Gasteiger partial charge in [0.25, 0.3) is 0 Å². The van der Waals surface area contributed by atoms with Gasteiger partial charge in [0, 0.05) is 37.4 Å². The van der Waals surface area contributed by atoms with E-state index in [-0.39, 0.29) is 12.5 Å². The highest BCUT2D eigenvalue weighted by molar-refractivity contribution is 5.68. The minimum Gasteiger partial charge on any atom is -0.481 e. The van der Waals surface area contributed by atoms with E-state index in [1.54, 1.807) is 12.1 Å². The van der Waals surface area contributed by atoms with E-state index in [2.05, 4.69) is 33.7 Å². The second-order valence-electron chi connectivity index (χ2n) is 9.61. The number of aromatic nitrogens is 1. The minimum absolute atomic E-state index is 0.0250. The quantitative estimate of drug-likeness (QED) is 0.545. The van der Waals surface area contributed by atoms with Crippen molar-refractivity contribution in [2.75, 3.05) is 31.5 Å². The first-order chi connectivity index (χ1) is 16.1. The molecule has 3 N–H and O–H groups in total. The first kappa shape index (κ1) is 21.9. The second-order valence-corrected chi connectivity index (χ2v) is 9.61. The van der Waals surface area contributed by atoms with Crippen LogP contribution in [0.4, 0.5) is 5.82 Å². The molecule has 1 saturated heterocycles. The minimum atomic E-state index is -0.826. The molecule has 7 heteroatoms. The Bertz CT molecular complexity index is 1050. The van der Waals surface area contributed by atoms with Crippen LogP contribution in [0, 0.1) is 23.2 Å². The van der Waals surface area contributed by atoms with Gasteiger partial charge in [-0.2, -0.15) is 5.26 Å². The van der Waals surface area contributed by atoms with Gasteiger partial charge in [0.1, 0.15) is 5.82 Å². The second kappa shape index (κ2) is 9.50. The van der Waals surface area contributed by atoms with E-state index in [0.717, 1.165) is 56.8 Å². The van der Waals surface area contributed by atoms with Crippen molar-refractivity contribution in [2.45, 2.75) is 44.2 Å². The lowest BCUT2D eigenvalue weighted by atomic mass is 10.0. The van der Waals surface area contributed by atoms with Crippen LogP contribution in [-0.4, -0.2) is 53.2 Å². The average molecular weight is 446 g/mol. The van der Waals surface area contributed by atoms with Crippen LogP contribution in [0.25, 0.3) is 0 Å². The molecule has 1 saturated carbocycles. The number of nitriles is 1. The predicted octanol–water partition coefficient (Wildman–Crippen LogP) is 2.98. The Morgan fingerprint density at radius 2 is 2.15 bits per heavy atom. The maximum absolute atomic E-state index is 11.4. The van der Waals surface area contributed by atoms with Gasteiger partial charge in [-0.3, -0.25) is 4.79 Å². The SMILES string of the molecule is N#Cc1cccc([C@@H](CC(=O)O)NC2[C@H]3CN(CCCc4ccc5c(n4)NCCC5)C[C@@H]23)c1. The first-order valence-electron chi connectivity index (χ1n) is 12.0. The third-order valence-corrected chi connectivity index (χ3v) is 7.32. The lowest BCUT2D eigenvalue weighted by Gasteiger charge is -2.23. The number of benzene rings is 1. The third kappa shape index (κ3) is 5.02. The molecule has 3 aliphatic rings. The summed E-state index contributed by atoms with van der Waals surface area (Å²) in [5.74, 6) is 1.43. The van der Waals surface area contributed by atoms with Crippen LogP contribution in [0.1, 0.15) is 47.7 Å². The molecule has 1 aliphatic carbocycles. The smallest absolute Gasteiger partial charge is 0.305 e. The monoisotopic (exact) mass is 445 g/mol. The van der Waals surface area contributed by atoms with Crippen molar-refractivity contribution in [1.29, 1.82) is 5.26 Å². The van der Waals surface area contributed by atoms with Crippen molar-refractivity contribution in [1.82, 2.24) is 15.2 Å². The summed E-state index contributed by atoms with van der Waals surface area (Å²) in [5.41, 5.74) is 3.95. The number of piperidine rings is 1. The number of hydrogen-bond donors (Lipinski definition) is 3. The van der Waals surface area contributed by atoms with E-state index in [1.165, 1.54) is 17.7 Å². The summed E-state index contributed by atoms with van der Waals surface area (Å²) in [4.78, 5) is 18.8. The Morgan fingerprint density at radius 3 is 2.94 bits per heavy atom. The topological polar surface area (TPSA) is 101 Å². The number of hydrogen-bond acceptors (Lipinski definition) is 6. The average Bonchev–Trinajstić information content (AvgIpc) is 3.26. The molecular formula is C26H31N5O2. The van der Waals surface area contributed by atoms with Gasteiger partial charge in [-0.25, -0.2) is 4.98 Å². The van der Waals surface area contributed by atoms with Crippen molar-refractivity contribution in [3.63, 3.8) is 0 Å². The van der Waals surface area contributed by atoms with Gasteiger partial charge in [0.2, 0.25) is 0 Å². The van der Waals surface area contributed by atoms with Crippen LogP contribution >= 0.6 is 0 Å². The Kier molecular flexibility index (Phi) is 6.30. The molecule has 0 amide bonds. The highest BCUT2D eigenvalue weighted by Crippen LogP contribution is 2.46. The highest BCUT2D eigenvalue weighted by atomic mass is 16.4. The summed E-state index contributed by atoms with van der Waals surface area (Å²) < 4.78 is 0. The van der Waals surface area contributed by atoms with Crippen molar-refractivity contribution in [3.8, 4) is 6.07 Å². The van der Waals surface area contributed by atoms with E-state index in [0.29, 0.717) is 23.4 Å². The standard InChI is InChI=1S/C26H31N5O2/c27-14-17-4-1-5-19(12-17)23(13-24(32)33)30-25-21-15-31(16-22(21)25)11-3-7-20-9-8-18-6-2-10-28-26(18)29-20/h1,4-5,8-9,12,21-23,25,30H,2-3,6-7,10-11,13,15-16H2,(H,28,29)(H,32,33)/t21-,22+,23-,25?/m1/s1. The van der Waals surface area contributed by atoms with Gasteiger partial charge in [-0.1, -0.05) is 18.2 Å². The van der Waals surface area contributed by atoms with Gasteiger partial charge >= 0.3 is 5.97 Å². The number of pyridine rings is 1. The van der Waals surface area contributed by atoms with Crippen LogP contribution in [0.2, 0.25) is 0 Å². The van der Waals surface area contributed by atoms with E-state index in [4.69, 9.17) is 4.98 Å². The van der Waals surface area contributed by atoms with E-state index >= 15 is 0 Å². The van der Waals surface area contributed by atoms with Gasteiger partial charge in [0.05, 0.1) is 18.1 Å². The van der Waals surface area contributed by atoms with Crippen LogP contribution in [0.5, 0.6) is 0 Å². The molecule has 4 atom stereocenters. The molecule has 7 nitrogen and oxygen atoms in total. The summed E-state index contributed by atoms with van der Waals surface area (Å²) >= 11 is 0.